The summed E-state index contributed by atoms with van der Waals surface area (Å²) in [4.78, 5) is 0. The molecular formula is C24H37N3OS. The van der Waals surface area contributed by atoms with Gasteiger partial charge in [0.1, 0.15) is 0 Å². The first-order valence-electron chi connectivity index (χ1n) is 11.0. The topological polar surface area (TPSA) is 50.8 Å². The SMILES string of the molecule is C=C1SC(OCC(CCC)CCCCC)=NN1/C=C(\CCC)c1ccc(N)cc1. The zero-order valence-corrected chi connectivity index (χ0v) is 19.1. The minimum Gasteiger partial charge on any atom is -0.471 e. The van der Waals surface area contributed by atoms with Crippen LogP contribution in [0.1, 0.15) is 77.7 Å². The number of hydrogen-bond donors (Lipinski definition) is 1. The number of anilines is 1. The van der Waals surface area contributed by atoms with Gasteiger partial charge in [-0.05, 0) is 60.2 Å². The molecule has 0 spiro atoms. The molecule has 5 heteroatoms. The number of benzene rings is 1. The third-order valence-corrected chi connectivity index (χ3v) is 5.88. The molecule has 1 atom stereocenters. The summed E-state index contributed by atoms with van der Waals surface area (Å²) in [6.07, 6.45) is 11.6. The Morgan fingerprint density at radius 2 is 1.90 bits per heavy atom. The molecule has 2 rings (SSSR count). The van der Waals surface area contributed by atoms with Crippen LogP contribution in [0.15, 0.2) is 47.2 Å². The van der Waals surface area contributed by atoms with Crippen molar-refractivity contribution in [2.45, 2.75) is 72.1 Å². The summed E-state index contributed by atoms with van der Waals surface area (Å²) in [5.41, 5.74) is 9.01. The van der Waals surface area contributed by atoms with Crippen molar-refractivity contribution in [3.05, 3.63) is 47.6 Å². The van der Waals surface area contributed by atoms with Gasteiger partial charge in [-0.2, -0.15) is 0 Å². The number of nitrogen functional groups attached to an aromatic ring is 1. The van der Waals surface area contributed by atoms with Gasteiger partial charge in [0, 0.05) is 11.9 Å². The summed E-state index contributed by atoms with van der Waals surface area (Å²) in [7, 11) is 0. The van der Waals surface area contributed by atoms with Crippen molar-refractivity contribution in [1.29, 1.82) is 0 Å². The molecule has 1 aromatic carbocycles. The maximum Gasteiger partial charge on any atom is 0.274 e. The largest absolute Gasteiger partial charge is 0.471 e. The van der Waals surface area contributed by atoms with Crippen LogP contribution in [-0.2, 0) is 4.74 Å². The lowest BCUT2D eigenvalue weighted by Crippen LogP contribution is -2.12. The monoisotopic (exact) mass is 415 g/mol. The highest BCUT2D eigenvalue weighted by Gasteiger charge is 2.21. The normalized spacial score (nSPS) is 15.6. The van der Waals surface area contributed by atoms with Crippen molar-refractivity contribution in [2.24, 2.45) is 11.0 Å². The molecule has 2 N–H and O–H groups in total. The highest BCUT2D eigenvalue weighted by atomic mass is 32.2. The van der Waals surface area contributed by atoms with E-state index in [-0.39, 0.29) is 0 Å². The first-order chi connectivity index (χ1) is 14.1. The molecule has 0 saturated heterocycles. The van der Waals surface area contributed by atoms with E-state index in [0.29, 0.717) is 11.1 Å². The molecule has 1 unspecified atom stereocenters. The molecule has 29 heavy (non-hydrogen) atoms. The van der Waals surface area contributed by atoms with Gasteiger partial charge in [0.15, 0.2) is 0 Å². The van der Waals surface area contributed by atoms with Crippen LogP contribution in [0.25, 0.3) is 5.57 Å². The molecule has 160 valence electrons. The predicted octanol–water partition coefficient (Wildman–Crippen LogP) is 7.21. The molecular weight excluding hydrogens is 378 g/mol. The number of allylic oxidation sites excluding steroid dienone is 1. The van der Waals surface area contributed by atoms with Crippen molar-refractivity contribution in [3.63, 3.8) is 0 Å². The van der Waals surface area contributed by atoms with E-state index in [0.717, 1.165) is 30.2 Å². The molecule has 0 radical (unpaired) electrons. The Kier molecular flexibility index (Phi) is 10.2. The minimum absolute atomic E-state index is 0.609. The Morgan fingerprint density at radius 3 is 2.55 bits per heavy atom. The van der Waals surface area contributed by atoms with E-state index in [1.807, 2.05) is 17.1 Å². The molecule has 1 aromatic rings. The third-order valence-electron chi connectivity index (χ3n) is 5.08. The molecule has 1 heterocycles. The van der Waals surface area contributed by atoms with E-state index in [4.69, 9.17) is 10.5 Å². The van der Waals surface area contributed by atoms with Crippen LogP contribution in [0.2, 0.25) is 0 Å². The number of ether oxygens (including phenoxy) is 1. The second-order valence-electron chi connectivity index (χ2n) is 7.69. The van der Waals surface area contributed by atoms with Gasteiger partial charge in [-0.1, -0.05) is 71.6 Å². The van der Waals surface area contributed by atoms with Crippen LogP contribution >= 0.6 is 11.8 Å². The summed E-state index contributed by atoms with van der Waals surface area (Å²) >= 11 is 1.51. The molecule has 1 aliphatic rings. The number of rotatable bonds is 12. The van der Waals surface area contributed by atoms with Gasteiger partial charge in [0.25, 0.3) is 5.23 Å². The summed E-state index contributed by atoms with van der Waals surface area (Å²) in [6.45, 7) is 11.6. The van der Waals surface area contributed by atoms with E-state index in [1.54, 1.807) is 0 Å². The van der Waals surface area contributed by atoms with Crippen LogP contribution < -0.4 is 5.73 Å². The molecule has 0 amide bonds. The summed E-state index contributed by atoms with van der Waals surface area (Å²) in [5, 5.41) is 8.09. The molecule has 0 aromatic heterocycles. The highest BCUT2D eigenvalue weighted by Crippen LogP contribution is 2.32. The van der Waals surface area contributed by atoms with Crippen LogP contribution in [0.4, 0.5) is 5.69 Å². The summed E-state index contributed by atoms with van der Waals surface area (Å²) < 4.78 is 6.08. The third kappa shape index (κ3) is 7.81. The quantitative estimate of drug-likeness (QED) is 0.289. The maximum absolute atomic E-state index is 6.08. The fourth-order valence-electron chi connectivity index (χ4n) is 3.46. The van der Waals surface area contributed by atoms with Crippen LogP contribution in [-0.4, -0.2) is 16.8 Å². The molecule has 0 fully saturated rings. The van der Waals surface area contributed by atoms with Gasteiger partial charge in [-0.25, -0.2) is 5.01 Å². The second kappa shape index (κ2) is 12.6. The lowest BCUT2D eigenvalue weighted by Gasteiger charge is -2.16. The van der Waals surface area contributed by atoms with Crippen LogP contribution in [0.3, 0.4) is 0 Å². The first-order valence-corrected chi connectivity index (χ1v) is 11.8. The lowest BCUT2D eigenvalue weighted by atomic mass is 9.97. The fraction of sp³-hybridized carbons (Fsp3) is 0.542. The number of thioether (sulfide) groups is 1. The van der Waals surface area contributed by atoms with Gasteiger partial charge in [-0.15, -0.1) is 5.10 Å². The Balaban J connectivity index is 2.02. The number of hydrazone groups is 1. The molecule has 1 aliphatic heterocycles. The first kappa shape index (κ1) is 23.4. The van der Waals surface area contributed by atoms with Crippen molar-refractivity contribution in [1.82, 2.24) is 5.01 Å². The van der Waals surface area contributed by atoms with E-state index >= 15 is 0 Å². The van der Waals surface area contributed by atoms with Gasteiger partial charge in [0.2, 0.25) is 0 Å². The Hall–Kier alpha value is -1.88. The highest BCUT2D eigenvalue weighted by molar-refractivity contribution is 8.17. The van der Waals surface area contributed by atoms with E-state index in [1.165, 1.54) is 61.4 Å². The zero-order valence-electron chi connectivity index (χ0n) is 18.3. The summed E-state index contributed by atoms with van der Waals surface area (Å²) in [5.74, 6) is 0.609. The van der Waals surface area contributed by atoms with Crippen molar-refractivity contribution in [2.75, 3.05) is 12.3 Å². The van der Waals surface area contributed by atoms with E-state index < -0.39 is 0 Å². The molecule has 0 bridgehead atoms. The van der Waals surface area contributed by atoms with Crippen molar-refractivity contribution < 1.29 is 4.74 Å². The van der Waals surface area contributed by atoms with Crippen LogP contribution in [0, 0.1) is 5.92 Å². The number of hydrogen-bond acceptors (Lipinski definition) is 5. The fourth-order valence-corrected chi connectivity index (χ4v) is 4.10. The van der Waals surface area contributed by atoms with Gasteiger partial charge >= 0.3 is 0 Å². The van der Waals surface area contributed by atoms with Gasteiger partial charge in [-0.3, -0.25) is 0 Å². The molecule has 0 aliphatic carbocycles. The smallest absolute Gasteiger partial charge is 0.274 e. The van der Waals surface area contributed by atoms with Gasteiger partial charge in [0.05, 0.1) is 11.6 Å². The Labute approximate surface area is 181 Å². The molecule has 0 saturated carbocycles. The number of nitrogens with zero attached hydrogens (tertiary/aromatic N) is 2. The minimum atomic E-state index is 0.609. The second-order valence-corrected chi connectivity index (χ2v) is 8.72. The average molecular weight is 416 g/mol. The van der Waals surface area contributed by atoms with Gasteiger partial charge < -0.3 is 10.5 Å². The number of unbranched alkanes of at least 4 members (excludes halogenated alkanes) is 2. The Morgan fingerprint density at radius 1 is 1.14 bits per heavy atom. The number of nitrogens with two attached hydrogens (primary N) is 1. The lowest BCUT2D eigenvalue weighted by molar-refractivity contribution is 0.220. The van der Waals surface area contributed by atoms with E-state index in [2.05, 4.69) is 50.8 Å². The Bertz CT molecular complexity index is 697. The standard InChI is InChI=1S/C24H37N3OS/c1-5-8-9-12-20(10-6-2)18-28-24-26-27(19(4)29-24)17-22(11-7-3)21-13-15-23(25)16-14-21/h13-17,20H,4-12,18,25H2,1-3H3/b22-17+. The predicted molar refractivity (Wildman–Crippen MR) is 128 cm³/mol. The van der Waals surface area contributed by atoms with Crippen molar-refractivity contribution >= 4 is 28.3 Å². The average Bonchev–Trinajstić information content (AvgIpc) is 3.06. The summed E-state index contributed by atoms with van der Waals surface area (Å²) in [6, 6.07) is 8.01. The molecule has 4 nitrogen and oxygen atoms in total. The van der Waals surface area contributed by atoms with Crippen molar-refractivity contribution in [3.8, 4) is 0 Å². The zero-order chi connectivity index (χ0) is 21.1. The van der Waals surface area contributed by atoms with Crippen LogP contribution in [0.5, 0.6) is 0 Å². The van der Waals surface area contributed by atoms with E-state index in [9.17, 15) is 0 Å². The maximum atomic E-state index is 6.08.